The van der Waals surface area contributed by atoms with E-state index in [1.807, 2.05) is 0 Å². The normalized spacial score (nSPS) is 24.3. The first-order valence-electron chi connectivity index (χ1n) is 8.11. The fraction of sp³-hybridized carbons (Fsp3) is 0.938. The smallest absolute Gasteiger partial charge is 0.225 e. The number of unbranched alkanes of at least 4 members (excludes halogenated alkanes) is 1. The molecule has 1 amide bonds. The lowest BCUT2D eigenvalue weighted by Gasteiger charge is -2.54. The molecule has 3 nitrogen and oxygen atoms in total. The van der Waals surface area contributed by atoms with Crippen molar-refractivity contribution in [3.05, 3.63) is 0 Å². The summed E-state index contributed by atoms with van der Waals surface area (Å²) in [7, 11) is 0. The molecule has 1 atom stereocenters. The Labute approximate surface area is 118 Å². The standard InChI is InChI=1S/C16H30N2O/c1-4-6-9-17-10-7-16(8-11-17)12-18(13-16)15(19)14(3)5-2/h14H,4-13H2,1-3H3. The number of hydrogen-bond donors (Lipinski definition) is 0. The third-order valence-electron chi connectivity index (χ3n) is 5.14. The second kappa shape index (κ2) is 6.25. The summed E-state index contributed by atoms with van der Waals surface area (Å²) < 4.78 is 0. The van der Waals surface area contributed by atoms with E-state index < -0.39 is 0 Å². The van der Waals surface area contributed by atoms with E-state index in [0.717, 1.165) is 19.5 Å². The van der Waals surface area contributed by atoms with E-state index >= 15 is 0 Å². The van der Waals surface area contributed by atoms with Crippen molar-refractivity contribution in [1.82, 2.24) is 9.80 Å². The van der Waals surface area contributed by atoms with Gasteiger partial charge in [-0.1, -0.05) is 27.2 Å². The monoisotopic (exact) mass is 266 g/mol. The largest absolute Gasteiger partial charge is 0.341 e. The van der Waals surface area contributed by atoms with Crippen LogP contribution in [-0.2, 0) is 4.79 Å². The summed E-state index contributed by atoms with van der Waals surface area (Å²) in [6.07, 6.45) is 6.17. The summed E-state index contributed by atoms with van der Waals surface area (Å²) in [5.74, 6) is 0.587. The van der Waals surface area contributed by atoms with Gasteiger partial charge in [-0.15, -0.1) is 0 Å². The SMILES string of the molecule is CCCCN1CCC2(CC1)CN(C(=O)C(C)CC)C2. The average molecular weight is 266 g/mol. The van der Waals surface area contributed by atoms with Crippen LogP contribution in [0.4, 0.5) is 0 Å². The highest BCUT2D eigenvalue weighted by molar-refractivity contribution is 5.79. The van der Waals surface area contributed by atoms with Crippen LogP contribution in [0.25, 0.3) is 0 Å². The first-order chi connectivity index (χ1) is 9.10. The molecule has 1 spiro atoms. The van der Waals surface area contributed by atoms with Gasteiger partial charge in [-0.05, 0) is 45.3 Å². The third kappa shape index (κ3) is 3.31. The van der Waals surface area contributed by atoms with Gasteiger partial charge in [-0.25, -0.2) is 0 Å². The maximum Gasteiger partial charge on any atom is 0.225 e. The average Bonchev–Trinajstić information content (AvgIpc) is 2.41. The van der Waals surface area contributed by atoms with E-state index in [4.69, 9.17) is 0 Å². The molecule has 2 fully saturated rings. The molecule has 0 aliphatic carbocycles. The number of rotatable bonds is 5. The van der Waals surface area contributed by atoms with Gasteiger partial charge in [-0.3, -0.25) is 4.79 Å². The zero-order chi connectivity index (χ0) is 13.9. The number of piperidine rings is 1. The minimum absolute atomic E-state index is 0.210. The van der Waals surface area contributed by atoms with E-state index in [1.165, 1.54) is 45.3 Å². The molecule has 1 unspecified atom stereocenters. The van der Waals surface area contributed by atoms with Gasteiger partial charge in [0.1, 0.15) is 0 Å². The summed E-state index contributed by atoms with van der Waals surface area (Å²) in [4.78, 5) is 16.8. The van der Waals surface area contributed by atoms with Crippen molar-refractivity contribution in [3.63, 3.8) is 0 Å². The third-order valence-corrected chi connectivity index (χ3v) is 5.14. The highest BCUT2D eigenvalue weighted by Gasteiger charge is 2.46. The van der Waals surface area contributed by atoms with Crippen LogP contribution in [0.2, 0.25) is 0 Å². The van der Waals surface area contributed by atoms with Crippen molar-refractivity contribution >= 4 is 5.91 Å². The number of nitrogens with zero attached hydrogens (tertiary/aromatic N) is 2. The Balaban J connectivity index is 1.73. The molecule has 0 aromatic carbocycles. The minimum Gasteiger partial charge on any atom is -0.341 e. The number of carbonyl (C=O) groups is 1. The van der Waals surface area contributed by atoms with Crippen molar-refractivity contribution in [2.75, 3.05) is 32.7 Å². The lowest BCUT2D eigenvalue weighted by Crippen LogP contribution is -2.62. The minimum atomic E-state index is 0.210. The molecular formula is C16H30N2O. The van der Waals surface area contributed by atoms with Crippen molar-refractivity contribution in [1.29, 1.82) is 0 Å². The first-order valence-corrected chi connectivity index (χ1v) is 8.11. The molecule has 0 radical (unpaired) electrons. The molecule has 0 N–H and O–H groups in total. The van der Waals surface area contributed by atoms with Crippen LogP contribution in [0.1, 0.15) is 52.9 Å². The Kier molecular flexibility index (Phi) is 4.88. The summed E-state index contributed by atoms with van der Waals surface area (Å²) in [6, 6.07) is 0. The maximum atomic E-state index is 12.1. The van der Waals surface area contributed by atoms with Crippen LogP contribution >= 0.6 is 0 Å². The predicted octanol–water partition coefficient (Wildman–Crippen LogP) is 2.76. The number of amides is 1. The Bertz CT molecular complexity index is 300. The maximum absolute atomic E-state index is 12.1. The Morgan fingerprint density at radius 1 is 1.21 bits per heavy atom. The highest BCUT2D eigenvalue weighted by Crippen LogP contribution is 2.41. The molecule has 2 heterocycles. The fourth-order valence-corrected chi connectivity index (χ4v) is 3.35. The lowest BCUT2D eigenvalue weighted by molar-refractivity contribution is -0.150. The molecule has 2 aliphatic rings. The fourth-order valence-electron chi connectivity index (χ4n) is 3.35. The van der Waals surface area contributed by atoms with Gasteiger partial charge in [0, 0.05) is 24.4 Å². The summed E-state index contributed by atoms with van der Waals surface area (Å²) >= 11 is 0. The van der Waals surface area contributed by atoms with Crippen molar-refractivity contribution in [2.24, 2.45) is 11.3 Å². The van der Waals surface area contributed by atoms with E-state index in [-0.39, 0.29) is 5.92 Å². The van der Waals surface area contributed by atoms with E-state index in [9.17, 15) is 4.79 Å². The van der Waals surface area contributed by atoms with Crippen LogP contribution < -0.4 is 0 Å². The van der Waals surface area contributed by atoms with Gasteiger partial charge in [0.25, 0.3) is 0 Å². The summed E-state index contributed by atoms with van der Waals surface area (Å²) in [5.41, 5.74) is 0.478. The van der Waals surface area contributed by atoms with Crippen LogP contribution in [0.5, 0.6) is 0 Å². The molecule has 2 rings (SSSR count). The molecule has 0 saturated carbocycles. The lowest BCUT2D eigenvalue weighted by atomic mass is 9.71. The quantitative estimate of drug-likeness (QED) is 0.764. The predicted molar refractivity (Wildman–Crippen MR) is 79.1 cm³/mol. The van der Waals surface area contributed by atoms with Gasteiger partial charge >= 0.3 is 0 Å². The van der Waals surface area contributed by atoms with E-state index in [1.54, 1.807) is 0 Å². The van der Waals surface area contributed by atoms with E-state index in [2.05, 4.69) is 30.6 Å². The molecular weight excluding hydrogens is 236 g/mol. The van der Waals surface area contributed by atoms with Gasteiger partial charge in [0.05, 0.1) is 0 Å². The second-order valence-corrected chi connectivity index (χ2v) is 6.70. The second-order valence-electron chi connectivity index (χ2n) is 6.70. The first kappa shape index (κ1) is 14.8. The number of likely N-dealkylation sites (tertiary alicyclic amines) is 2. The number of carbonyl (C=O) groups excluding carboxylic acids is 1. The highest BCUT2D eigenvalue weighted by atomic mass is 16.2. The zero-order valence-electron chi connectivity index (χ0n) is 13.0. The topological polar surface area (TPSA) is 23.6 Å². The van der Waals surface area contributed by atoms with Gasteiger partial charge < -0.3 is 9.80 Å². The van der Waals surface area contributed by atoms with Crippen LogP contribution in [-0.4, -0.2) is 48.4 Å². The van der Waals surface area contributed by atoms with Crippen molar-refractivity contribution in [3.8, 4) is 0 Å². The molecule has 110 valence electrons. The van der Waals surface area contributed by atoms with Crippen molar-refractivity contribution in [2.45, 2.75) is 52.9 Å². The Morgan fingerprint density at radius 2 is 1.84 bits per heavy atom. The van der Waals surface area contributed by atoms with Crippen LogP contribution in [0.3, 0.4) is 0 Å². The van der Waals surface area contributed by atoms with E-state index in [0.29, 0.717) is 11.3 Å². The van der Waals surface area contributed by atoms with Crippen LogP contribution in [0.15, 0.2) is 0 Å². The molecule has 2 aliphatic heterocycles. The van der Waals surface area contributed by atoms with Gasteiger partial charge in [0.2, 0.25) is 5.91 Å². The zero-order valence-corrected chi connectivity index (χ0v) is 13.0. The number of hydrogen-bond acceptors (Lipinski definition) is 2. The van der Waals surface area contributed by atoms with Gasteiger partial charge in [0.15, 0.2) is 0 Å². The Morgan fingerprint density at radius 3 is 2.37 bits per heavy atom. The van der Waals surface area contributed by atoms with Gasteiger partial charge in [-0.2, -0.15) is 0 Å². The molecule has 0 aromatic rings. The summed E-state index contributed by atoms with van der Waals surface area (Å²) in [5, 5.41) is 0. The van der Waals surface area contributed by atoms with Crippen LogP contribution in [0, 0.1) is 11.3 Å². The molecule has 19 heavy (non-hydrogen) atoms. The molecule has 0 aromatic heterocycles. The Hall–Kier alpha value is -0.570. The van der Waals surface area contributed by atoms with Crippen molar-refractivity contribution < 1.29 is 4.79 Å². The summed E-state index contributed by atoms with van der Waals surface area (Å²) in [6.45, 7) is 12.2. The molecule has 2 saturated heterocycles. The molecule has 3 heteroatoms. The molecule has 0 bridgehead atoms.